The summed E-state index contributed by atoms with van der Waals surface area (Å²) in [4.78, 5) is 5.42. The fraction of sp³-hybridized carbons (Fsp3) is 0.417. The molecule has 5 heteroatoms. The van der Waals surface area contributed by atoms with E-state index in [9.17, 15) is 0 Å². The summed E-state index contributed by atoms with van der Waals surface area (Å²) in [7, 11) is 1.65. The van der Waals surface area contributed by atoms with Crippen LogP contribution in [0.15, 0.2) is 22.1 Å². The molecule has 2 aromatic heterocycles. The Morgan fingerprint density at radius 3 is 3.12 bits per heavy atom. The number of hydrogen-bond donors (Lipinski definition) is 1. The number of nitrogens with one attached hydrogen (secondary N) is 1. The molecule has 0 aromatic carbocycles. The molecule has 0 unspecified atom stereocenters. The van der Waals surface area contributed by atoms with Crippen LogP contribution in [-0.2, 0) is 6.54 Å². The Kier molecular flexibility index (Phi) is 4.17. The Hall–Kier alpha value is -1.33. The normalized spacial score (nSPS) is 10.7. The lowest BCUT2D eigenvalue weighted by Crippen LogP contribution is -2.13. The molecule has 2 rings (SSSR count). The zero-order chi connectivity index (χ0) is 12.1. The van der Waals surface area contributed by atoms with E-state index in [0.29, 0.717) is 5.89 Å². The van der Waals surface area contributed by atoms with Crippen molar-refractivity contribution in [2.24, 2.45) is 0 Å². The molecular formula is C12H16N2O2S. The summed E-state index contributed by atoms with van der Waals surface area (Å²) in [6.45, 7) is 3.88. The third-order valence-electron chi connectivity index (χ3n) is 2.31. The molecule has 0 radical (unpaired) electrons. The maximum absolute atomic E-state index is 5.44. The van der Waals surface area contributed by atoms with Crippen molar-refractivity contribution in [1.82, 2.24) is 10.3 Å². The smallest absolute Gasteiger partial charge is 0.236 e. The fourth-order valence-electron chi connectivity index (χ4n) is 1.43. The largest absolute Gasteiger partial charge is 0.496 e. The molecule has 17 heavy (non-hydrogen) atoms. The van der Waals surface area contributed by atoms with Crippen molar-refractivity contribution in [3.63, 3.8) is 0 Å². The van der Waals surface area contributed by atoms with Crippen molar-refractivity contribution < 1.29 is 9.15 Å². The number of nitrogens with zero attached hydrogens (tertiary/aromatic N) is 1. The van der Waals surface area contributed by atoms with E-state index in [1.54, 1.807) is 24.7 Å². The molecule has 0 fully saturated rings. The van der Waals surface area contributed by atoms with Gasteiger partial charge in [-0.3, -0.25) is 0 Å². The van der Waals surface area contributed by atoms with Gasteiger partial charge < -0.3 is 14.5 Å². The first-order chi connectivity index (χ1) is 8.33. The van der Waals surface area contributed by atoms with Gasteiger partial charge in [-0.05, 0) is 13.0 Å². The molecule has 1 N–H and O–H groups in total. The molecule has 0 aliphatic heterocycles. The van der Waals surface area contributed by atoms with E-state index in [1.807, 2.05) is 11.4 Å². The first kappa shape index (κ1) is 12.1. The van der Waals surface area contributed by atoms with Crippen molar-refractivity contribution in [2.45, 2.75) is 19.9 Å². The molecule has 0 saturated heterocycles. The number of aromatic nitrogens is 1. The molecule has 0 atom stereocenters. The van der Waals surface area contributed by atoms with E-state index in [1.165, 1.54) is 0 Å². The maximum atomic E-state index is 5.44. The predicted molar refractivity (Wildman–Crippen MR) is 68.4 cm³/mol. The van der Waals surface area contributed by atoms with Crippen molar-refractivity contribution in [3.05, 3.63) is 23.4 Å². The summed E-state index contributed by atoms with van der Waals surface area (Å²) in [6.07, 6.45) is 2.82. The number of rotatable bonds is 6. The first-order valence-corrected chi connectivity index (χ1v) is 6.49. The molecule has 0 aliphatic carbocycles. The molecule has 0 amide bonds. The summed E-state index contributed by atoms with van der Waals surface area (Å²) in [6, 6.07) is 1.93. The summed E-state index contributed by atoms with van der Waals surface area (Å²) in [5.74, 6) is 1.50. The number of ether oxygens (including phenoxy) is 1. The van der Waals surface area contributed by atoms with Crippen LogP contribution in [0.1, 0.15) is 19.0 Å². The van der Waals surface area contributed by atoms with Crippen LogP contribution in [0, 0.1) is 0 Å². The molecule has 2 aromatic rings. The van der Waals surface area contributed by atoms with E-state index in [2.05, 4.69) is 17.2 Å². The minimum atomic E-state index is 0.659. The van der Waals surface area contributed by atoms with Gasteiger partial charge in [-0.1, -0.05) is 6.92 Å². The molecule has 4 nitrogen and oxygen atoms in total. The van der Waals surface area contributed by atoms with Gasteiger partial charge in [0, 0.05) is 18.0 Å². The Labute approximate surface area is 105 Å². The molecule has 0 saturated carbocycles. The van der Waals surface area contributed by atoms with Crippen LogP contribution in [0.3, 0.4) is 0 Å². The Bertz CT molecular complexity index is 465. The second kappa shape index (κ2) is 5.84. The van der Waals surface area contributed by atoms with Gasteiger partial charge in [-0.15, -0.1) is 11.3 Å². The van der Waals surface area contributed by atoms with E-state index < -0.39 is 0 Å². The number of oxazole rings is 1. The van der Waals surface area contributed by atoms with E-state index in [4.69, 9.17) is 9.15 Å². The number of methoxy groups -OCH3 is 1. The van der Waals surface area contributed by atoms with E-state index in [0.717, 1.165) is 35.8 Å². The van der Waals surface area contributed by atoms with Crippen LogP contribution in [-0.4, -0.2) is 18.6 Å². The Morgan fingerprint density at radius 2 is 2.41 bits per heavy atom. The van der Waals surface area contributed by atoms with Crippen molar-refractivity contribution >= 4 is 11.3 Å². The number of hydrogen-bond acceptors (Lipinski definition) is 5. The van der Waals surface area contributed by atoms with Gasteiger partial charge in [0.2, 0.25) is 5.89 Å². The van der Waals surface area contributed by atoms with Crippen LogP contribution >= 0.6 is 11.3 Å². The van der Waals surface area contributed by atoms with Crippen LogP contribution in [0.4, 0.5) is 0 Å². The van der Waals surface area contributed by atoms with E-state index >= 15 is 0 Å². The van der Waals surface area contributed by atoms with Crippen molar-refractivity contribution in [1.29, 1.82) is 0 Å². The summed E-state index contributed by atoms with van der Waals surface area (Å²) >= 11 is 1.57. The Morgan fingerprint density at radius 1 is 1.53 bits per heavy atom. The highest BCUT2D eigenvalue weighted by Gasteiger charge is 2.09. The lowest BCUT2D eigenvalue weighted by Gasteiger charge is -1.96. The topological polar surface area (TPSA) is 47.3 Å². The SMILES string of the molecule is CCCNCc1coc(-c2cc(OC)cs2)n1. The standard InChI is InChI=1S/C12H16N2O2S/c1-3-4-13-6-9-7-16-12(14-9)11-5-10(15-2)8-17-11/h5,7-8,13H,3-4,6H2,1-2H3. The lowest BCUT2D eigenvalue weighted by atomic mass is 10.4. The Balaban J connectivity index is 2.02. The summed E-state index contributed by atoms with van der Waals surface area (Å²) in [5, 5.41) is 5.23. The van der Waals surface area contributed by atoms with Gasteiger partial charge in [0.1, 0.15) is 12.0 Å². The van der Waals surface area contributed by atoms with Crippen LogP contribution in [0.5, 0.6) is 5.75 Å². The second-order valence-electron chi connectivity index (χ2n) is 3.67. The summed E-state index contributed by atoms with van der Waals surface area (Å²) < 4.78 is 10.6. The van der Waals surface area contributed by atoms with Crippen LogP contribution in [0.25, 0.3) is 10.8 Å². The van der Waals surface area contributed by atoms with Crippen LogP contribution < -0.4 is 10.1 Å². The first-order valence-electron chi connectivity index (χ1n) is 5.61. The minimum Gasteiger partial charge on any atom is -0.496 e. The van der Waals surface area contributed by atoms with Crippen LogP contribution in [0.2, 0.25) is 0 Å². The predicted octanol–water partition coefficient (Wildman–Crippen LogP) is 2.91. The highest BCUT2D eigenvalue weighted by molar-refractivity contribution is 7.13. The average molecular weight is 252 g/mol. The third kappa shape index (κ3) is 3.08. The van der Waals surface area contributed by atoms with E-state index in [-0.39, 0.29) is 0 Å². The van der Waals surface area contributed by atoms with Gasteiger partial charge >= 0.3 is 0 Å². The maximum Gasteiger partial charge on any atom is 0.236 e. The highest BCUT2D eigenvalue weighted by Crippen LogP contribution is 2.30. The lowest BCUT2D eigenvalue weighted by molar-refractivity contribution is 0.416. The summed E-state index contributed by atoms with van der Waals surface area (Å²) in [5.41, 5.74) is 0.931. The van der Waals surface area contributed by atoms with Gasteiger partial charge in [-0.25, -0.2) is 4.98 Å². The zero-order valence-corrected chi connectivity index (χ0v) is 10.8. The van der Waals surface area contributed by atoms with Crippen molar-refractivity contribution in [3.8, 4) is 16.5 Å². The van der Waals surface area contributed by atoms with Crippen molar-refractivity contribution in [2.75, 3.05) is 13.7 Å². The molecule has 0 spiro atoms. The fourth-order valence-corrected chi connectivity index (χ4v) is 2.22. The molecule has 0 aliphatic rings. The second-order valence-corrected chi connectivity index (χ2v) is 4.58. The highest BCUT2D eigenvalue weighted by atomic mass is 32.1. The van der Waals surface area contributed by atoms with Gasteiger partial charge in [0.05, 0.1) is 17.7 Å². The third-order valence-corrected chi connectivity index (χ3v) is 3.20. The van der Waals surface area contributed by atoms with Gasteiger partial charge in [-0.2, -0.15) is 0 Å². The molecule has 0 bridgehead atoms. The minimum absolute atomic E-state index is 0.659. The number of thiophene rings is 1. The van der Waals surface area contributed by atoms with Gasteiger partial charge in [0.25, 0.3) is 0 Å². The molecule has 92 valence electrons. The monoisotopic (exact) mass is 252 g/mol. The van der Waals surface area contributed by atoms with Gasteiger partial charge in [0.15, 0.2) is 0 Å². The zero-order valence-electron chi connectivity index (χ0n) is 10.0. The molecular weight excluding hydrogens is 236 g/mol. The quantitative estimate of drug-likeness (QED) is 0.803. The molecule has 2 heterocycles. The average Bonchev–Trinajstić information content (AvgIpc) is 2.97.